The maximum Gasteiger partial charge on any atom is 0.179 e. The lowest BCUT2D eigenvalue weighted by atomic mass is 10.1. The van der Waals surface area contributed by atoms with Crippen molar-refractivity contribution in [2.45, 2.75) is 24.8 Å². The summed E-state index contributed by atoms with van der Waals surface area (Å²) < 4.78 is 22.9. The van der Waals surface area contributed by atoms with Gasteiger partial charge in [-0.05, 0) is 35.4 Å². The lowest BCUT2D eigenvalue weighted by Gasteiger charge is -2.02. The highest BCUT2D eigenvalue weighted by molar-refractivity contribution is 7.90. The molecule has 0 spiro atoms. The molecule has 24 heavy (non-hydrogen) atoms. The Bertz CT molecular complexity index is 929. The number of rotatable bonds is 5. The van der Waals surface area contributed by atoms with Gasteiger partial charge in [0.05, 0.1) is 11.4 Å². The summed E-state index contributed by atoms with van der Waals surface area (Å²) in [5, 5.41) is 12.5. The van der Waals surface area contributed by atoms with E-state index in [1.165, 1.54) is 16.6 Å². The van der Waals surface area contributed by atoms with Crippen molar-refractivity contribution in [2.75, 3.05) is 6.26 Å². The number of sulfone groups is 1. The lowest BCUT2D eigenvalue weighted by molar-refractivity contribution is 0.570. The van der Waals surface area contributed by atoms with Crippen molar-refractivity contribution in [3.63, 3.8) is 0 Å². The molecule has 7 heteroatoms. The van der Waals surface area contributed by atoms with E-state index in [0.717, 1.165) is 11.1 Å². The summed E-state index contributed by atoms with van der Waals surface area (Å²) in [5.74, 6) is 0.659. The predicted molar refractivity (Wildman–Crippen MR) is 90.5 cm³/mol. The zero-order valence-electron chi connectivity index (χ0n) is 13.5. The van der Waals surface area contributed by atoms with Gasteiger partial charge >= 0.3 is 0 Å². The first-order valence-electron chi connectivity index (χ1n) is 7.51. The normalized spacial score (nSPS) is 11.6. The quantitative estimate of drug-likeness (QED) is 0.709. The first-order valence-corrected chi connectivity index (χ1v) is 9.40. The Labute approximate surface area is 141 Å². The van der Waals surface area contributed by atoms with E-state index in [9.17, 15) is 8.42 Å². The third-order valence-corrected chi connectivity index (χ3v) is 4.78. The van der Waals surface area contributed by atoms with Crippen LogP contribution in [0.5, 0.6) is 0 Å². The highest BCUT2D eigenvalue weighted by Gasteiger charge is 2.08. The maximum absolute atomic E-state index is 11.5. The van der Waals surface area contributed by atoms with E-state index in [0.29, 0.717) is 23.7 Å². The summed E-state index contributed by atoms with van der Waals surface area (Å²) in [5.41, 5.74) is 3.27. The van der Waals surface area contributed by atoms with E-state index in [-0.39, 0.29) is 0 Å². The number of benzene rings is 2. The minimum absolute atomic E-state index is 0.304. The SMILES string of the molecule is Cc1ccc(Cc2nnn(Cc3ccc(S(C)(=O)=O)cc3)n2)cc1. The van der Waals surface area contributed by atoms with E-state index in [4.69, 9.17) is 0 Å². The fraction of sp³-hybridized carbons (Fsp3) is 0.235. The molecule has 2 aromatic carbocycles. The standard InChI is InChI=1S/C17H18N4O2S/c1-13-3-5-14(6-4-13)11-17-18-20-21(19-17)12-15-7-9-16(10-8-15)24(2,22)23/h3-10H,11-12H2,1-2H3. The number of aryl methyl sites for hydroxylation is 1. The van der Waals surface area contributed by atoms with Crippen LogP contribution in [0.4, 0.5) is 0 Å². The summed E-state index contributed by atoms with van der Waals surface area (Å²) in [6, 6.07) is 14.9. The molecule has 0 aliphatic rings. The van der Waals surface area contributed by atoms with Gasteiger partial charge < -0.3 is 0 Å². The molecule has 0 saturated carbocycles. The van der Waals surface area contributed by atoms with Crippen molar-refractivity contribution in [1.82, 2.24) is 20.2 Å². The van der Waals surface area contributed by atoms with Gasteiger partial charge in [-0.1, -0.05) is 42.0 Å². The van der Waals surface area contributed by atoms with E-state index in [1.54, 1.807) is 24.3 Å². The van der Waals surface area contributed by atoms with Crippen LogP contribution in [-0.2, 0) is 22.8 Å². The van der Waals surface area contributed by atoms with Gasteiger partial charge in [0.25, 0.3) is 0 Å². The Morgan fingerprint density at radius 2 is 1.58 bits per heavy atom. The topological polar surface area (TPSA) is 77.7 Å². The number of nitrogens with zero attached hydrogens (tertiary/aromatic N) is 4. The van der Waals surface area contributed by atoms with Crippen LogP contribution in [0.2, 0.25) is 0 Å². The van der Waals surface area contributed by atoms with Crippen LogP contribution < -0.4 is 0 Å². The minimum atomic E-state index is -3.18. The molecule has 0 fully saturated rings. The Morgan fingerprint density at radius 1 is 0.958 bits per heavy atom. The van der Waals surface area contributed by atoms with E-state index >= 15 is 0 Å². The summed E-state index contributed by atoms with van der Waals surface area (Å²) in [4.78, 5) is 1.82. The monoisotopic (exact) mass is 342 g/mol. The molecule has 1 heterocycles. The second-order valence-corrected chi connectivity index (χ2v) is 7.83. The van der Waals surface area contributed by atoms with E-state index in [1.807, 2.05) is 6.92 Å². The van der Waals surface area contributed by atoms with Crippen molar-refractivity contribution in [1.29, 1.82) is 0 Å². The van der Waals surface area contributed by atoms with Gasteiger partial charge in [0.2, 0.25) is 0 Å². The molecule has 0 saturated heterocycles. The van der Waals surface area contributed by atoms with Gasteiger partial charge in [0.15, 0.2) is 15.7 Å². The molecular weight excluding hydrogens is 324 g/mol. The highest BCUT2D eigenvalue weighted by Crippen LogP contribution is 2.11. The molecule has 0 bridgehead atoms. The first kappa shape index (κ1) is 16.3. The van der Waals surface area contributed by atoms with Crippen molar-refractivity contribution >= 4 is 9.84 Å². The van der Waals surface area contributed by atoms with Gasteiger partial charge in [-0.2, -0.15) is 4.80 Å². The molecule has 0 aliphatic carbocycles. The molecular formula is C17H18N4O2S. The van der Waals surface area contributed by atoms with Gasteiger partial charge in [0.1, 0.15) is 0 Å². The van der Waals surface area contributed by atoms with Crippen LogP contribution in [0.3, 0.4) is 0 Å². The van der Waals surface area contributed by atoms with Crippen molar-refractivity contribution in [2.24, 2.45) is 0 Å². The van der Waals surface area contributed by atoms with Gasteiger partial charge in [0, 0.05) is 12.7 Å². The number of hydrogen-bond donors (Lipinski definition) is 0. The van der Waals surface area contributed by atoms with Crippen LogP contribution >= 0.6 is 0 Å². The van der Waals surface area contributed by atoms with Crippen molar-refractivity contribution in [3.8, 4) is 0 Å². The zero-order valence-corrected chi connectivity index (χ0v) is 14.4. The van der Waals surface area contributed by atoms with E-state index in [2.05, 4.69) is 39.7 Å². The number of aromatic nitrogens is 4. The summed E-state index contributed by atoms with van der Waals surface area (Å²) in [6.07, 6.45) is 1.83. The molecule has 0 atom stereocenters. The average molecular weight is 342 g/mol. The molecule has 6 nitrogen and oxygen atoms in total. The maximum atomic E-state index is 11.5. The van der Waals surface area contributed by atoms with Gasteiger partial charge in [-0.25, -0.2) is 8.42 Å². The second kappa shape index (κ2) is 6.52. The van der Waals surface area contributed by atoms with Crippen molar-refractivity contribution in [3.05, 3.63) is 71.0 Å². The van der Waals surface area contributed by atoms with Crippen LogP contribution in [-0.4, -0.2) is 34.9 Å². The van der Waals surface area contributed by atoms with Crippen LogP contribution in [0.15, 0.2) is 53.4 Å². The minimum Gasteiger partial charge on any atom is -0.224 e. The summed E-state index contributed by atoms with van der Waals surface area (Å²) in [6.45, 7) is 2.50. The molecule has 0 N–H and O–H groups in total. The Hall–Kier alpha value is -2.54. The Balaban J connectivity index is 1.68. The van der Waals surface area contributed by atoms with Crippen molar-refractivity contribution < 1.29 is 8.42 Å². The fourth-order valence-electron chi connectivity index (χ4n) is 2.31. The molecule has 0 unspecified atom stereocenters. The predicted octanol–water partition coefficient (Wildman–Crippen LogP) is 2.02. The van der Waals surface area contributed by atoms with Crippen LogP contribution in [0.25, 0.3) is 0 Å². The van der Waals surface area contributed by atoms with Gasteiger partial charge in [-0.3, -0.25) is 0 Å². The fourth-order valence-corrected chi connectivity index (χ4v) is 2.94. The third-order valence-electron chi connectivity index (χ3n) is 3.65. The number of tetrazole rings is 1. The zero-order chi connectivity index (χ0) is 17.2. The molecule has 0 radical (unpaired) electrons. The van der Waals surface area contributed by atoms with Crippen LogP contribution in [0, 0.1) is 6.92 Å². The first-order chi connectivity index (χ1) is 11.4. The lowest BCUT2D eigenvalue weighted by Crippen LogP contribution is -2.05. The smallest absolute Gasteiger partial charge is 0.179 e. The van der Waals surface area contributed by atoms with E-state index < -0.39 is 9.84 Å². The molecule has 0 aliphatic heterocycles. The van der Waals surface area contributed by atoms with Crippen LogP contribution in [0.1, 0.15) is 22.5 Å². The molecule has 3 rings (SSSR count). The summed E-state index contributed by atoms with van der Waals surface area (Å²) in [7, 11) is -3.18. The highest BCUT2D eigenvalue weighted by atomic mass is 32.2. The Kier molecular flexibility index (Phi) is 4.44. The van der Waals surface area contributed by atoms with Gasteiger partial charge in [-0.15, -0.1) is 10.2 Å². The largest absolute Gasteiger partial charge is 0.224 e. The molecule has 1 aromatic heterocycles. The molecule has 124 valence electrons. The Morgan fingerprint density at radius 3 is 2.21 bits per heavy atom. The molecule has 0 amide bonds. The second-order valence-electron chi connectivity index (χ2n) is 5.81. The number of hydrogen-bond acceptors (Lipinski definition) is 5. The third kappa shape index (κ3) is 4.05. The summed E-state index contributed by atoms with van der Waals surface area (Å²) >= 11 is 0. The average Bonchev–Trinajstić information content (AvgIpc) is 2.96. The molecule has 3 aromatic rings.